The van der Waals surface area contributed by atoms with Gasteiger partial charge in [-0.1, -0.05) is 11.6 Å². The Morgan fingerprint density at radius 1 is 1.62 bits per heavy atom. The summed E-state index contributed by atoms with van der Waals surface area (Å²) in [4.78, 5) is 3.67. The standard InChI is InChI=1S/C11H18ClN3S/c1-13-11(9-3-4-10(12)16-9)8-7-15(2)6-5-14-8/h3-4,8,11,13-14H,5-7H2,1-2H3. The van der Waals surface area contributed by atoms with Crippen molar-refractivity contribution in [3.8, 4) is 0 Å². The van der Waals surface area contributed by atoms with E-state index in [2.05, 4.69) is 28.6 Å². The second-order valence-electron chi connectivity index (χ2n) is 4.23. The van der Waals surface area contributed by atoms with E-state index in [9.17, 15) is 0 Å². The van der Waals surface area contributed by atoms with Gasteiger partial charge in [0.25, 0.3) is 0 Å². The van der Waals surface area contributed by atoms with E-state index in [1.165, 1.54) is 4.88 Å². The first kappa shape index (κ1) is 12.3. The van der Waals surface area contributed by atoms with Gasteiger partial charge >= 0.3 is 0 Å². The second-order valence-corrected chi connectivity index (χ2v) is 5.98. The molecule has 5 heteroatoms. The maximum atomic E-state index is 5.99. The van der Waals surface area contributed by atoms with Crippen molar-refractivity contribution in [1.82, 2.24) is 15.5 Å². The van der Waals surface area contributed by atoms with Crippen molar-refractivity contribution >= 4 is 22.9 Å². The molecule has 1 aliphatic rings. The molecular weight excluding hydrogens is 242 g/mol. The van der Waals surface area contributed by atoms with Gasteiger partial charge in [-0.15, -0.1) is 11.3 Å². The topological polar surface area (TPSA) is 27.3 Å². The van der Waals surface area contributed by atoms with Crippen LogP contribution in [0.5, 0.6) is 0 Å². The summed E-state index contributed by atoms with van der Waals surface area (Å²) in [5.41, 5.74) is 0. The zero-order valence-electron chi connectivity index (χ0n) is 9.66. The average molecular weight is 260 g/mol. The van der Waals surface area contributed by atoms with E-state index in [-0.39, 0.29) is 0 Å². The lowest BCUT2D eigenvalue weighted by Gasteiger charge is -2.35. The van der Waals surface area contributed by atoms with Crippen LogP contribution in [0.3, 0.4) is 0 Å². The quantitative estimate of drug-likeness (QED) is 0.863. The first-order chi connectivity index (χ1) is 7.70. The SMILES string of the molecule is CNC(c1ccc(Cl)s1)C1CN(C)CCN1. The van der Waals surface area contributed by atoms with E-state index < -0.39 is 0 Å². The van der Waals surface area contributed by atoms with E-state index >= 15 is 0 Å². The van der Waals surface area contributed by atoms with E-state index in [4.69, 9.17) is 11.6 Å². The Bertz CT molecular complexity index is 342. The smallest absolute Gasteiger partial charge is 0.0931 e. The van der Waals surface area contributed by atoms with Gasteiger partial charge < -0.3 is 15.5 Å². The maximum Gasteiger partial charge on any atom is 0.0931 e. The molecule has 90 valence electrons. The third-order valence-corrected chi connectivity index (χ3v) is 4.34. The molecule has 0 saturated carbocycles. The molecule has 2 atom stereocenters. The molecule has 2 N–H and O–H groups in total. The predicted molar refractivity (Wildman–Crippen MR) is 70.4 cm³/mol. The summed E-state index contributed by atoms with van der Waals surface area (Å²) < 4.78 is 0.861. The number of hydrogen-bond acceptors (Lipinski definition) is 4. The first-order valence-corrected chi connectivity index (χ1v) is 6.74. The fraction of sp³-hybridized carbons (Fsp3) is 0.636. The number of likely N-dealkylation sites (N-methyl/N-ethyl adjacent to an activating group) is 2. The van der Waals surface area contributed by atoms with E-state index in [0.717, 1.165) is 24.0 Å². The van der Waals surface area contributed by atoms with Gasteiger partial charge in [0.05, 0.1) is 10.4 Å². The highest BCUT2D eigenvalue weighted by molar-refractivity contribution is 7.16. The molecule has 2 rings (SSSR count). The molecule has 16 heavy (non-hydrogen) atoms. The van der Waals surface area contributed by atoms with Crippen molar-refractivity contribution in [2.45, 2.75) is 12.1 Å². The molecule has 2 unspecified atom stereocenters. The van der Waals surface area contributed by atoms with Gasteiger partial charge in [-0.05, 0) is 26.2 Å². The number of thiophene rings is 1. The first-order valence-electron chi connectivity index (χ1n) is 5.55. The predicted octanol–water partition coefficient (Wildman–Crippen LogP) is 1.57. The van der Waals surface area contributed by atoms with Gasteiger partial charge in [-0.2, -0.15) is 0 Å². The molecule has 0 amide bonds. The molecule has 1 fully saturated rings. The molecule has 1 aromatic heterocycles. The molecule has 0 spiro atoms. The largest absolute Gasteiger partial charge is 0.311 e. The van der Waals surface area contributed by atoms with Crippen molar-refractivity contribution in [1.29, 1.82) is 0 Å². The lowest BCUT2D eigenvalue weighted by Crippen LogP contribution is -2.53. The van der Waals surface area contributed by atoms with Gasteiger partial charge in [0.15, 0.2) is 0 Å². The Balaban J connectivity index is 2.09. The lowest BCUT2D eigenvalue weighted by molar-refractivity contribution is 0.211. The normalized spacial score (nSPS) is 24.6. The van der Waals surface area contributed by atoms with Crippen molar-refractivity contribution < 1.29 is 0 Å². The number of hydrogen-bond donors (Lipinski definition) is 2. The summed E-state index contributed by atoms with van der Waals surface area (Å²) in [7, 11) is 4.18. The third kappa shape index (κ3) is 2.76. The lowest BCUT2D eigenvalue weighted by atomic mass is 10.0. The van der Waals surface area contributed by atoms with Crippen LogP contribution in [-0.2, 0) is 0 Å². The minimum absolute atomic E-state index is 0.347. The number of piperazine rings is 1. The van der Waals surface area contributed by atoms with Gasteiger partial charge in [0.1, 0.15) is 0 Å². The minimum atomic E-state index is 0.347. The summed E-state index contributed by atoms with van der Waals surface area (Å²) in [5, 5.41) is 6.95. The fourth-order valence-electron chi connectivity index (χ4n) is 2.19. The Labute approximate surface area is 106 Å². The van der Waals surface area contributed by atoms with Gasteiger partial charge in [-0.25, -0.2) is 0 Å². The Morgan fingerprint density at radius 2 is 2.44 bits per heavy atom. The molecule has 3 nitrogen and oxygen atoms in total. The van der Waals surface area contributed by atoms with Crippen molar-refractivity contribution in [2.24, 2.45) is 0 Å². The molecule has 1 aliphatic heterocycles. The third-order valence-electron chi connectivity index (χ3n) is 3.02. The van der Waals surface area contributed by atoms with Crippen LogP contribution in [0.15, 0.2) is 12.1 Å². The van der Waals surface area contributed by atoms with Crippen LogP contribution in [-0.4, -0.2) is 44.7 Å². The Kier molecular flexibility index (Phi) is 4.21. The van der Waals surface area contributed by atoms with Crippen LogP contribution in [0.4, 0.5) is 0 Å². The molecule has 0 aliphatic carbocycles. The highest BCUT2D eigenvalue weighted by Gasteiger charge is 2.26. The summed E-state index contributed by atoms with van der Waals surface area (Å²) in [6.45, 7) is 3.25. The summed E-state index contributed by atoms with van der Waals surface area (Å²) in [6, 6.07) is 4.89. The van der Waals surface area contributed by atoms with Crippen LogP contribution >= 0.6 is 22.9 Å². The number of nitrogens with one attached hydrogen (secondary N) is 2. The summed E-state index contributed by atoms with van der Waals surface area (Å²) in [6.07, 6.45) is 0. The van der Waals surface area contributed by atoms with Crippen LogP contribution in [0, 0.1) is 0 Å². The molecular formula is C11H18ClN3S. The van der Waals surface area contributed by atoms with Gasteiger partial charge in [-0.3, -0.25) is 0 Å². The van der Waals surface area contributed by atoms with Gasteiger partial charge in [0, 0.05) is 30.6 Å². The van der Waals surface area contributed by atoms with Crippen molar-refractivity contribution in [2.75, 3.05) is 33.7 Å². The minimum Gasteiger partial charge on any atom is -0.311 e. The summed E-state index contributed by atoms with van der Waals surface area (Å²) >= 11 is 7.65. The molecule has 1 aromatic rings. The van der Waals surface area contributed by atoms with Crippen LogP contribution in [0.25, 0.3) is 0 Å². The van der Waals surface area contributed by atoms with E-state index in [1.807, 2.05) is 13.1 Å². The monoisotopic (exact) mass is 259 g/mol. The number of nitrogens with zero attached hydrogens (tertiary/aromatic N) is 1. The molecule has 0 aromatic carbocycles. The Morgan fingerprint density at radius 3 is 3.00 bits per heavy atom. The van der Waals surface area contributed by atoms with E-state index in [1.54, 1.807) is 11.3 Å². The summed E-state index contributed by atoms with van der Waals surface area (Å²) in [5.74, 6) is 0. The molecule has 0 radical (unpaired) electrons. The van der Waals surface area contributed by atoms with Crippen LogP contribution in [0.2, 0.25) is 4.34 Å². The maximum absolute atomic E-state index is 5.99. The van der Waals surface area contributed by atoms with Gasteiger partial charge in [0.2, 0.25) is 0 Å². The number of rotatable bonds is 3. The van der Waals surface area contributed by atoms with Crippen molar-refractivity contribution in [3.05, 3.63) is 21.3 Å². The average Bonchev–Trinajstić information content (AvgIpc) is 2.66. The molecule has 0 bridgehead atoms. The highest BCUT2D eigenvalue weighted by atomic mass is 35.5. The highest BCUT2D eigenvalue weighted by Crippen LogP contribution is 2.29. The number of halogens is 1. The Hall–Kier alpha value is -0.130. The van der Waals surface area contributed by atoms with Crippen molar-refractivity contribution in [3.63, 3.8) is 0 Å². The molecule has 2 heterocycles. The molecule has 1 saturated heterocycles. The van der Waals surface area contributed by atoms with Crippen LogP contribution in [0.1, 0.15) is 10.9 Å². The van der Waals surface area contributed by atoms with E-state index in [0.29, 0.717) is 12.1 Å². The zero-order valence-corrected chi connectivity index (χ0v) is 11.2. The zero-order chi connectivity index (χ0) is 11.5. The van der Waals surface area contributed by atoms with Crippen LogP contribution < -0.4 is 10.6 Å². The fourth-order valence-corrected chi connectivity index (χ4v) is 3.43. The second kappa shape index (κ2) is 5.47.